The molecule has 0 N–H and O–H groups in total. The molecule has 1 aromatic rings. The molecule has 21 heavy (non-hydrogen) atoms. The van der Waals surface area contributed by atoms with E-state index < -0.39 is 0 Å². The van der Waals surface area contributed by atoms with Gasteiger partial charge < -0.3 is 9.64 Å². The van der Waals surface area contributed by atoms with Gasteiger partial charge in [-0.25, -0.2) is 9.97 Å². The van der Waals surface area contributed by atoms with Crippen molar-refractivity contribution in [2.75, 3.05) is 33.9 Å². The minimum atomic E-state index is -0.0727. The second-order valence-electron chi connectivity index (χ2n) is 5.66. The van der Waals surface area contributed by atoms with Gasteiger partial charge in [-0.05, 0) is 19.5 Å². The first kappa shape index (κ1) is 15.9. The zero-order valence-corrected chi connectivity index (χ0v) is 13.0. The number of amides is 1. The van der Waals surface area contributed by atoms with Gasteiger partial charge in [-0.15, -0.1) is 0 Å². The number of likely N-dealkylation sites (tertiary alicyclic amines) is 1. The molecule has 116 valence electrons. The fourth-order valence-corrected chi connectivity index (χ4v) is 2.70. The Hall–Kier alpha value is -1.53. The van der Waals surface area contributed by atoms with Crippen LogP contribution >= 0.6 is 0 Å². The van der Waals surface area contributed by atoms with E-state index in [1.54, 1.807) is 19.5 Å². The molecule has 0 aliphatic carbocycles. The van der Waals surface area contributed by atoms with E-state index in [-0.39, 0.29) is 11.8 Å². The van der Waals surface area contributed by atoms with Gasteiger partial charge in [-0.1, -0.05) is 6.92 Å². The van der Waals surface area contributed by atoms with Crippen LogP contribution in [0.15, 0.2) is 18.5 Å². The van der Waals surface area contributed by atoms with Crippen molar-refractivity contribution in [3.8, 4) is 0 Å². The lowest BCUT2D eigenvalue weighted by molar-refractivity contribution is -0.135. The van der Waals surface area contributed by atoms with Crippen molar-refractivity contribution < 1.29 is 9.53 Å². The Morgan fingerprint density at radius 2 is 2.24 bits per heavy atom. The maximum absolute atomic E-state index is 12.3. The van der Waals surface area contributed by atoms with E-state index in [2.05, 4.69) is 21.9 Å². The number of methoxy groups -OCH3 is 1. The number of nitrogens with zero attached hydrogens (tertiary/aromatic N) is 4. The predicted molar refractivity (Wildman–Crippen MR) is 79.5 cm³/mol. The monoisotopic (exact) mass is 292 g/mol. The van der Waals surface area contributed by atoms with Crippen LogP contribution < -0.4 is 0 Å². The average Bonchev–Trinajstić information content (AvgIpc) is 2.97. The first-order chi connectivity index (χ1) is 10.1. The van der Waals surface area contributed by atoms with Gasteiger partial charge in [-0.3, -0.25) is 9.69 Å². The van der Waals surface area contributed by atoms with Crippen LogP contribution in [0, 0.1) is 5.92 Å². The predicted octanol–water partition coefficient (Wildman–Crippen LogP) is 0.792. The van der Waals surface area contributed by atoms with Crippen LogP contribution in [-0.4, -0.2) is 65.6 Å². The molecule has 2 rings (SSSR count). The normalized spacial score (nSPS) is 20.0. The quantitative estimate of drug-likeness (QED) is 0.776. The van der Waals surface area contributed by atoms with Gasteiger partial charge in [0.05, 0.1) is 19.1 Å². The Morgan fingerprint density at radius 3 is 2.90 bits per heavy atom. The summed E-state index contributed by atoms with van der Waals surface area (Å²) < 4.78 is 5.06. The van der Waals surface area contributed by atoms with Gasteiger partial charge in [0.1, 0.15) is 5.82 Å². The lowest BCUT2D eigenvalue weighted by Crippen LogP contribution is -2.39. The van der Waals surface area contributed by atoms with Crippen LogP contribution in [0.5, 0.6) is 0 Å². The Labute approximate surface area is 126 Å². The molecule has 1 fully saturated rings. The summed E-state index contributed by atoms with van der Waals surface area (Å²) >= 11 is 0. The van der Waals surface area contributed by atoms with Gasteiger partial charge in [0.25, 0.3) is 0 Å². The third-order valence-corrected chi connectivity index (χ3v) is 3.95. The molecule has 1 amide bonds. The molecule has 6 nitrogen and oxygen atoms in total. The number of hydrogen-bond acceptors (Lipinski definition) is 5. The number of hydrogen-bond donors (Lipinski definition) is 0. The van der Waals surface area contributed by atoms with E-state index in [1.165, 1.54) is 0 Å². The molecular formula is C15H24N4O2. The second-order valence-corrected chi connectivity index (χ2v) is 5.66. The SMILES string of the molecule is COC[C@@H](C)C(=O)N1CC[C@@H](N(C)Cc2ncccn2)C1. The van der Waals surface area contributed by atoms with E-state index >= 15 is 0 Å². The minimum Gasteiger partial charge on any atom is -0.384 e. The fraction of sp³-hybridized carbons (Fsp3) is 0.667. The summed E-state index contributed by atoms with van der Waals surface area (Å²) in [6.45, 7) is 4.70. The Balaban J connectivity index is 1.85. The van der Waals surface area contributed by atoms with Crippen molar-refractivity contribution in [1.29, 1.82) is 0 Å². The third-order valence-electron chi connectivity index (χ3n) is 3.95. The standard InChI is InChI=1S/C15H24N4O2/c1-12(11-21-3)15(20)19-8-5-13(9-19)18(2)10-14-16-6-4-7-17-14/h4,6-7,12-13H,5,8-11H2,1-3H3/t12-,13-/m1/s1. The molecule has 0 spiro atoms. The van der Waals surface area contributed by atoms with Crippen LogP contribution in [0.3, 0.4) is 0 Å². The Bertz CT molecular complexity index is 454. The van der Waals surface area contributed by atoms with Crippen molar-refractivity contribution in [2.45, 2.75) is 25.9 Å². The Morgan fingerprint density at radius 1 is 1.52 bits per heavy atom. The lowest BCUT2D eigenvalue weighted by atomic mass is 10.1. The summed E-state index contributed by atoms with van der Waals surface area (Å²) in [6.07, 6.45) is 4.51. The van der Waals surface area contributed by atoms with Gasteiger partial charge in [-0.2, -0.15) is 0 Å². The van der Waals surface area contributed by atoms with Crippen molar-refractivity contribution in [3.63, 3.8) is 0 Å². The summed E-state index contributed by atoms with van der Waals surface area (Å²) in [7, 11) is 3.69. The molecule has 1 saturated heterocycles. The van der Waals surface area contributed by atoms with Crippen molar-refractivity contribution in [3.05, 3.63) is 24.3 Å². The highest BCUT2D eigenvalue weighted by molar-refractivity contribution is 5.79. The average molecular weight is 292 g/mol. The van der Waals surface area contributed by atoms with E-state index in [4.69, 9.17) is 4.74 Å². The highest BCUT2D eigenvalue weighted by Crippen LogP contribution is 2.18. The van der Waals surface area contributed by atoms with Crippen molar-refractivity contribution in [1.82, 2.24) is 19.8 Å². The molecule has 0 saturated carbocycles. The number of carbonyl (C=O) groups excluding carboxylic acids is 1. The maximum atomic E-state index is 12.3. The van der Waals surface area contributed by atoms with Crippen molar-refractivity contribution in [2.24, 2.45) is 5.92 Å². The van der Waals surface area contributed by atoms with Gasteiger partial charge >= 0.3 is 0 Å². The van der Waals surface area contributed by atoms with Gasteiger partial charge in [0.2, 0.25) is 5.91 Å². The van der Waals surface area contributed by atoms with E-state index in [1.807, 2.05) is 17.9 Å². The minimum absolute atomic E-state index is 0.0727. The first-order valence-electron chi connectivity index (χ1n) is 7.35. The zero-order valence-electron chi connectivity index (χ0n) is 13.0. The summed E-state index contributed by atoms with van der Waals surface area (Å²) in [5, 5.41) is 0. The van der Waals surface area contributed by atoms with Gasteiger partial charge in [0.15, 0.2) is 0 Å². The summed E-state index contributed by atoms with van der Waals surface area (Å²) in [4.78, 5) is 24.9. The molecule has 0 radical (unpaired) electrons. The van der Waals surface area contributed by atoms with E-state index in [9.17, 15) is 4.79 Å². The molecule has 1 aromatic heterocycles. The topological polar surface area (TPSA) is 58.6 Å². The van der Waals surface area contributed by atoms with E-state index in [0.29, 0.717) is 19.2 Å². The molecule has 0 unspecified atom stereocenters. The van der Waals surface area contributed by atoms with Crippen molar-refractivity contribution >= 4 is 5.91 Å². The second kappa shape index (κ2) is 7.47. The highest BCUT2D eigenvalue weighted by Gasteiger charge is 2.31. The molecule has 1 aliphatic heterocycles. The number of ether oxygens (including phenoxy) is 1. The van der Waals surface area contributed by atoms with Gasteiger partial charge in [0, 0.05) is 38.6 Å². The number of carbonyl (C=O) groups is 1. The molecular weight excluding hydrogens is 268 g/mol. The lowest BCUT2D eigenvalue weighted by Gasteiger charge is -2.25. The van der Waals surface area contributed by atoms with E-state index in [0.717, 1.165) is 25.3 Å². The fourth-order valence-electron chi connectivity index (χ4n) is 2.70. The summed E-state index contributed by atoms with van der Waals surface area (Å²) in [5.41, 5.74) is 0. The Kier molecular flexibility index (Phi) is 5.64. The molecule has 2 heterocycles. The number of likely N-dealkylation sites (N-methyl/N-ethyl adjacent to an activating group) is 1. The van der Waals surface area contributed by atoms with Crippen LogP contribution in [0.4, 0.5) is 0 Å². The van der Waals surface area contributed by atoms with Crippen LogP contribution in [-0.2, 0) is 16.1 Å². The summed E-state index contributed by atoms with van der Waals surface area (Å²) in [6, 6.07) is 2.18. The summed E-state index contributed by atoms with van der Waals surface area (Å²) in [5.74, 6) is 0.928. The molecule has 0 bridgehead atoms. The maximum Gasteiger partial charge on any atom is 0.227 e. The smallest absolute Gasteiger partial charge is 0.227 e. The molecule has 6 heteroatoms. The zero-order chi connectivity index (χ0) is 15.2. The molecule has 1 aliphatic rings. The van der Waals surface area contributed by atoms with Crippen LogP contribution in [0.2, 0.25) is 0 Å². The van der Waals surface area contributed by atoms with Crippen LogP contribution in [0.25, 0.3) is 0 Å². The molecule has 2 atom stereocenters. The third kappa shape index (κ3) is 4.22. The van der Waals surface area contributed by atoms with Crippen LogP contribution in [0.1, 0.15) is 19.2 Å². The molecule has 0 aromatic carbocycles. The number of rotatable bonds is 6. The highest BCUT2D eigenvalue weighted by atomic mass is 16.5. The number of aromatic nitrogens is 2. The largest absolute Gasteiger partial charge is 0.384 e. The first-order valence-corrected chi connectivity index (χ1v) is 7.35.